The molecule has 2 amide bonds. The first-order valence-electron chi connectivity index (χ1n) is 8.26. The molecule has 0 radical (unpaired) electrons. The van der Waals surface area contributed by atoms with Gasteiger partial charge in [0.1, 0.15) is 5.82 Å². The number of carbonyl (C=O) groups is 2. The Morgan fingerprint density at radius 2 is 2.32 bits per heavy atom. The number of rotatable bonds is 4. The fraction of sp³-hybridized carbons (Fsp3) is 0.278. The Morgan fingerprint density at radius 1 is 1.44 bits per heavy atom. The van der Waals surface area contributed by atoms with Crippen LogP contribution < -0.4 is 5.32 Å². The molecule has 1 unspecified atom stereocenters. The van der Waals surface area contributed by atoms with E-state index in [9.17, 15) is 9.59 Å². The van der Waals surface area contributed by atoms with Gasteiger partial charge < -0.3 is 15.2 Å². The van der Waals surface area contributed by atoms with Gasteiger partial charge >= 0.3 is 0 Å². The third-order valence-electron chi connectivity index (χ3n) is 4.47. The minimum absolute atomic E-state index is 0.0484. The number of imidazole rings is 1. The van der Waals surface area contributed by atoms with Gasteiger partial charge in [-0.1, -0.05) is 6.07 Å². The van der Waals surface area contributed by atoms with Gasteiger partial charge in [-0.15, -0.1) is 11.3 Å². The second kappa shape index (κ2) is 6.33. The Hall–Kier alpha value is -2.67. The summed E-state index contributed by atoms with van der Waals surface area (Å²) in [5, 5.41) is 4.93. The summed E-state index contributed by atoms with van der Waals surface area (Å²) in [6, 6.07) is 9.61. The van der Waals surface area contributed by atoms with Crippen molar-refractivity contribution in [2.45, 2.75) is 13.3 Å². The summed E-state index contributed by atoms with van der Waals surface area (Å²) in [6.07, 6.45) is 0.286. The zero-order chi connectivity index (χ0) is 17.4. The number of carbonyl (C=O) groups excluding carboxylic acids is 2. The van der Waals surface area contributed by atoms with Gasteiger partial charge in [-0.2, -0.15) is 0 Å². The van der Waals surface area contributed by atoms with E-state index in [0.717, 1.165) is 21.7 Å². The summed E-state index contributed by atoms with van der Waals surface area (Å²) >= 11 is 1.63. The van der Waals surface area contributed by atoms with Crippen LogP contribution in [0.2, 0.25) is 0 Å². The van der Waals surface area contributed by atoms with Crippen molar-refractivity contribution in [3.05, 3.63) is 35.7 Å². The lowest BCUT2D eigenvalue weighted by molar-refractivity contribution is -0.128. The maximum Gasteiger partial charge on any atom is 0.229 e. The molecule has 1 atom stereocenters. The molecule has 0 saturated carbocycles. The molecule has 128 valence electrons. The molecule has 0 bridgehead atoms. The summed E-state index contributed by atoms with van der Waals surface area (Å²) in [5.41, 5.74) is 2.44. The van der Waals surface area contributed by atoms with Gasteiger partial charge in [0.05, 0.1) is 21.8 Å². The molecule has 6 nitrogen and oxygen atoms in total. The first-order valence-corrected chi connectivity index (χ1v) is 9.14. The Morgan fingerprint density at radius 3 is 3.04 bits per heavy atom. The van der Waals surface area contributed by atoms with Crippen molar-refractivity contribution in [1.29, 1.82) is 0 Å². The predicted molar refractivity (Wildman–Crippen MR) is 98.4 cm³/mol. The average Bonchev–Trinajstić information content (AvgIpc) is 3.33. The van der Waals surface area contributed by atoms with Crippen LogP contribution in [0.4, 0.5) is 5.69 Å². The number of aromatic amines is 1. The van der Waals surface area contributed by atoms with Crippen LogP contribution in [0.1, 0.15) is 13.3 Å². The number of aromatic nitrogens is 2. The molecule has 4 rings (SSSR count). The van der Waals surface area contributed by atoms with Gasteiger partial charge in [0.25, 0.3) is 0 Å². The first-order chi connectivity index (χ1) is 12.1. The van der Waals surface area contributed by atoms with Gasteiger partial charge in [-0.3, -0.25) is 9.59 Å². The highest BCUT2D eigenvalue weighted by molar-refractivity contribution is 7.13. The maximum absolute atomic E-state index is 12.4. The number of hydrogen-bond acceptors (Lipinski definition) is 4. The van der Waals surface area contributed by atoms with Crippen LogP contribution in [0, 0.1) is 5.92 Å². The largest absolute Gasteiger partial charge is 0.342 e. The molecule has 2 N–H and O–H groups in total. The lowest BCUT2D eigenvalue weighted by Gasteiger charge is -2.13. The van der Waals surface area contributed by atoms with Crippen LogP contribution in [0.25, 0.3) is 21.7 Å². The standard InChI is InChI=1S/C18H18N4O2S/c1-2-22-10-11(8-16(22)23)18(24)19-12-5-6-13-14(9-12)21-17(20-13)15-4-3-7-25-15/h3-7,9,11H,2,8,10H2,1H3,(H,19,24)(H,20,21). The van der Waals surface area contributed by atoms with Gasteiger partial charge in [-0.25, -0.2) is 4.98 Å². The van der Waals surface area contributed by atoms with E-state index in [0.29, 0.717) is 18.8 Å². The number of nitrogens with one attached hydrogen (secondary N) is 2. The molecule has 1 aromatic carbocycles. The number of benzene rings is 1. The number of thiophene rings is 1. The Balaban J connectivity index is 1.52. The molecular formula is C18H18N4O2S. The maximum atomic E-state index is 12.4. The van der Waals surface area contributed by atoms with E-state index in [4.69, 9.17) is 0 Å². The van der Waals surface area contributed by atoms with E-state index in [1.807, 2.05) is 42.6 Å². The molecule has 25 heavy (non-hydrogen) atoms. The Labute approximate surface area is 148 Å². The van der Waals surface area contributed by atoms with Crippen molar-refractivity contribution < 1.29 is 9.59 Å². The Bertz CT molecular complexity index is 932. The van der Waals surface area contributed by atoms with E-state index in [1.54, 1.807) is 16.2 Å². The van der Waals surface area contributed by atoms with Crippen molar-refractivity contribution in [2.24, 2.45) is 5.92 Å². The summed E-state index contributed by atoms with van der Waals surface area (Å²) < 4.78 is 0. The molecule has 1 aliphatic heterocycles. The van der Waals surface area contributed by atoms with E-state index >= 15 is 0 Å². The normalized spacial score (nSPS) is 17.4. The van der Waals surface area contributed by atoms with Crippen LogP contribution in [0.3, 0.4) is 0 Å². The molecule has 3 heterocycles. The lowest BCUT2D eigenvalue weighted by atomic mass is 10.1. The van der Waals surface area contributed by atoms with Crippen molar-refractivity contribution in [1.82, 2.24) is 14.9 Å². The summed E-state index contributed by atoms with van der Waals surface area (Å²) in [5.74, 6) is 0.481. The second-order valence-corrected chi connectivity index (χ2v) is 7.07. The third-order valence-corrected chi connectivity index (χ3v) is 5.35. The molecule has 2 aromatic heterocycles. The van der Waals surface area contributed by atoms with Crippen molar-refractivity contribution in [2.75, 3.05) is 18.4 Å². The van der Waals surface area contributed by atoms with Crippen molar-refractivity contribution >= 4 is 39.9 Å². The smallest absolute Gasteiger partial charge is 0.229 e. The van der Waals surface area contributed by atoms with E-state index < -0.39 is 0 Å². The third kappa shape index (κ3) is 3.02. The quantitative estimate of drug-likeness (QED) is 0.756. The molecule has 7 heteroatoms. The van der Waals surface area contributed by atoms with E-state index in [-0.39, 0.29) is 24.2 Å². The van der Waals surface area contributed by atoms with Gasteiger partial charge in [-0.05, 0) is 36.6 Å². The SMILES string of the molecule is CCN1CC(C(=O)Nc2ccc3nc(-c4cccs4)[nH]c3c2)CC1=O. The fourth-order valence-electron chi connectivity index (χ4n) is 3.12. The molecular weight excluding hydrogens is 336 g/mol. The number of fused-ring (bicyclic) bond motifs is 1. The van der Waals surface area contributed by atoms with Crippen molar-refractivity contribution in [3.63, 3.8) is 0 Å². The fourth-order valence-corrected chi connectivity index (χ4v) is 3.78. The van der Waals surface area contributed by atoms with Crippen LogP contribution in [-0.2, 0) is 9.59 Å². The molecule has 1 aliphatic rings. The van der Waals surface area contributed by atoms with Gasteiger partial charge in [0, 0.05) is 25.2 Å². The summed E-state index contributed by atoms with van der Waals surface area (Å²) in [6.45, 7) is 3.07. The molecule has 3 aromatic rings. The average molecular weight is 354 g/mol. The number of anilines is 1. The molecule has 1 saturated heterocycles. The topological polar surface area (TPSA) is 78.1 Å². The minimum atomic E-state index is -0.286. The van der Waals surface area contributed by atoms with Crippen LogP contribution in [0.5, 0.6) is 0 Å². The first kappa shape index (κ1) is 15.8. The van der Waals surface area contributed by atoms with Crippen LogP contribution >= 0.6 is 11.3 Å². The van der Waals surface area contributed by atoms with Crippen LogP contribution in [0.15, 0.2) is 35.7 Å². The zero-order valence-electron chi connectivity index (χ0n) is 13.8. The second-order valence-electron chi connectivity index (χ2n) is 6.12. The highest BCUT2D eigenvalue weighted by Gasteiger charge is 2.33. The minimum Gasteiger partial charge on any atom is -0.342 e. The number of amides is 2. The number of hydrogen-bond donors (Lipinski definition) is 2. The predicted octanol–water partition coefficient (Wildman–Crippen LogP) is 3.10. The number of nitrogens with zero attached hydrogens (tertiary/aromatic N) is 2. The zero-order valence-corrected chi connectivity index (χ0v) is 14.6. The highest BCUT2D eigenvalue weighted by atomic mass is 32.1. The summed E-state index contributed by atoms with van der Waals surface area (Å²) in [4.78, 5) is 34.9. The number of H-pyrrole nitrogens is 1. The lowest BCUT2D eigenvalue weighted by Crippen LogP contribution is -2.28. The van der Waals surface area contributed by atoms with Crippen LogP contribution in [-0.4, -0.2) is 39.8 Å². The monoisotopic (exact) mass is 354 g/mol. The summed E-state index contributed by atoms with van der Waals surface area (Å²) in [7, 11) is 0. The number of likely N-dealkylation sites (tertiary alicyclic amines) is 1. The molecule has 0 aliphatic carbocycles. The molecule has 0 spiro atoms. The van der Waals surface area contributed by atoms with Crippen molar-refractivity contribution in [3.8, 4) is 10.7 Å². The van der Waals surface area contributed by atoms with E-state index in [1.165, 1.54) is 0 Å². The van der Waals surface area contributed by atoms with E-state index in [2.05, 4.69) is 15.3 Å². The highest BCUT2D eigenvalue weighted by Crippen LogP contribution is 2.26. The Kier molecular flexibility index (Phi) is 4.01. The van der Waals surface area contributed by atoms with Gasteiger partial charge in [0.15, 0.2) is 0 Å². The molecule has 1 fully saturated rings. The van der Waals surface area contributed by atoms with Gasteiger partial charge in [0.2, 0.25) is 11.8 Å².